The molecule has 0 amide bonds. The molecule has 10 heavy (non-hydrogen) atoms. The molecule has 3 fully saturated rings. The monoisotopic (exact) mass is 138 g/mol. The van der Waals surface area contributed by atoms with Crippen LogP contribution in [-0.2, 0) is 9.53 Å². The van der Waals surface area contributed by atoms with Crippen molar-refractivity contribution < 1.29 is 9.53 Å². The second-order valence-corrected chi connectivity index (χ2v) is 3.73. The van der Waals surface area contributed by atoms with E-state index in [1.54, 1.807) is 0 Å². The molecule has 1 saturated heterocycles. The molecular formula is C8H10O2. The van der Waals surface area contributed by atoms with Gasteiger partial charge < -0.3 is 4.74 Å². The van der Waals surface area contributed by atoms with Crippen LogP contribution in [0, 0.1) is 17.8 Å². The summed E-state index contributed by atoms with van der Waals surface area (Å²) in [5.74, 6) is 1.83. The van der Waals surface area contributed by atoms with Crippen molar-refractivity contribution in [2.24, 2.45) is 17.8 Å². The minimum atomic E-state index is 0.324. The summed E-state index contributed by atoms with van der Waals surface area (Å²) in [4.78, 5) is 11.3. The highest BCUT2D eigenvalue weighted by Gasteiger charge is 2.57. The molecule has 0 unspecified atom stereocenters. The van der Waals surface area contributed by atoms with Crippen LogP contribution in [0.3, 0.4) is 0 Å². The molecule has 4 atom stereocenters. The van der Waals surface area contributed by atoms with Crippen molar-refractivity contribution in [1.29, 1.82) is 0 Å². The Bertz CT molecular complexity index is 185. The highest BCUT2D eigenvalue weighted by Crippen LogP contribution is 2.51. The summed E-state index contributed by atoms with van der Waals surface area (Å²) in [5, 5.41) is 0. The van der Waals surface area contributed by atoms with Crippen molar-refractivity contribution in [2.45, 2.75) is 18.9 Å². The van der Waals surface area contributed by atoms with Crippen LogP contribution in [0.2, 0.25) is 0 Å². The summed E-state index contributed by atoms with van der Waals surface area (Å²) in [6.45, 7) is 0.859. The van der Waals surface area contributed by atoms with Gasteiger partial charge in [-0.05, 0) is 18.8 Å². The fraction of sp³-hybridized carbons (Fsp3) is 0.875. The van der Waals surface area contributed by atoms with Gasteiger partial charge in [-0.15, -0.1) is 0 Å². The first kappa shape index (κ1) is 5.30. The maximum absolute atomic E-state index is 11.3. The molecule has 2 aliphatic carbocycles. The van der Waals surface area contributed by atoms with Gasteiger partial charge in [0.2, 0.25) is 0 Å². The first-order valence-corrected chi connectivity index (χ1v) is 4.01. The zero-order chi connectivity index (χ0) is 6.72. The second-order valence-electron chi connectivity index (χ2n) is 3.73. The van der Waals surface area contributed by atoms with Gasteiger partial charge in [0.25, 0.3) is 0 Å². The van der Waals surface area contributed by atoms with Crippen LogP contribution < -0.4 is 0 Å². The minimum Gasteiger partial charge on any atom is -0.377 e. The molecule has 3 rings (SSSR count). The van der Waals surface area contributed by atoms with Crippen molar-refractivity contribution >= 4 is 5.78 Å². The molecule has 2 saturated carbocycles. The number of hydrogen-bond acceptors (Lipinski definition) is 2. The van der Waals surface area contributed by atoms with Gasteiger partial charge in [-0.2, -0.15) is 0 Å². The maximum Gasteiger partial charge on any atom is 0.142 e. The van der Waals surface area contributed by atoms with Crippen molar-refractivity contribution in [3.05, 3.63) is 0 Å². The lowest BCUT2D eigenvalue weighted by molar-refractivity contribution is -0.121. The quantitative estimate of drug-likeness (QED) is 0.490. The van der Waals surface area contributed by atoms with Crippen molar-refractivity contribution in [3.63, 3.8) is 0 Å². The van der Waals surface area contributed by atoms with Crippen molar-refractivity contribution in [2.75, 3.05) is 6.61 Å². The highest BCUT2D eigenvalue weighted by atomic mass is 16.5. The van der Waals surface area contributed by atoms with Gasteiger partial charge in [0, 0.05) is 11.8 Å². The van der Waals surface area contributed by atoms with Gasteiger partial charge in [-0.1, -0.05) is 0 Å². The van der Waals surface area contributed by atoms with E-state index in [0.717, 1.165) is 19.4 Å². The van der Waals surface area contributed by atoms with Gasteiger partial charge >= 0.3 is 0 Å². The third kappa shape index (κ3) is 0.409. The lowest BCUT2D eigenvalue weighted by Crippen LogP contribution is -2.17. The van der Waals surface area contributed by atoms with Gasteiger partial charge in [0.05, 0.1) is 12.7 Å². The molecule has 1 aliphatic heterocycles. The summed E-state index contributed by atoms with van der Waals surface area (Å²) in [6.07, 6.45) is 2.48. The van der Waals surface area contributed by atoms with Gasteiger partial charge in [0.15, 0.2) is 0 Å². The van der Waals surface area contributed by atoms with Crippen molar-refractivity contribution in [3.8, 4) is 0 Å². The van der Waals surface area contributed by atoms with E-state index in [1.807, 2.05) is 0 Å². The third-order valence-electron chi connectivity index (χ3n) is 3.27. The number of carbonyl (C=O) groups excluding carboxylic acids is 1. The number of ether oxygens (including phenoxy) is 1. The van der Waals surface area contributed by atoms with Gasteiger partial charge in [-0.3, -0.25) is 4.79 Å². The molecule has 0 spiro atoms. The molecule has 3 aliphatic rings. The summed E-state index contributed by atoms with van der Waals surface area (Å²) in [6, 6.07) is 0. The molecule has 2 nitrogen and oxygen atoms in total. The molecule has 54 valence electrons. The lowest BCUT2D eigenvalue weighted by Gasteiger charge is -2.11. The number of rotatable bonds is 0. The van der Waals surface area contributed by atoms with Gasteiger partial charge in [-0.25, -0.2) is 0 Å². The third-order valence-corrected chi connectivity index (χ3v) is 3.27. The van der Waals surface area contributed by atoms with Crippen LogP contribution in [0.15, 0.2) is 0 Å². The lowest BCUT2D eigenvalue weighted by atomic mass is 9.90. The Kier molecular flexibility index (Phi) is 0.768. The topological polar surface area (TPSA) is 26.3 Å². The zero-order valence-electron chi connectivity index (χ0n) is 5.75. The summed E-state index contributed by atoms with van der Waals surface area (Å²) in [5.41, 5.74) is 0. The molecule has 0 radical (unpaired) electrons. The Balaban J connectivity index is 2.09. The number of fused-ring (bicyclic) bond motifs is 1. The van der Waals surface area contributed by atoms with Crippen LogP contribution in [0.5, 0.6) is 0 Å². The Labute approximate surface area is 59.6 Å². The summed E-state index contributed by atoms with van der Waals surface area (Å²) >= 11 is 0. The van der Waals surface area contributed by atoms with Crippen LogP contribution in [0.1, 0.15) is 12.8 Å². The van der Waals surface area contributed by atoms with Gasteiger partial charge in [0.1, 0.15) is 5.78 Å². The average Bonchev–Trinajstić information content (AvgIpc) is 2.44. The minimum absolute atomic E-state index is 0.324. The Morgan fingerprint density at radius 2 is 2.30 bits per heavy atom. The zero-order valence-corrected chi connectivity index (χ0v) is 5.75. The Hall–Kier alpha value is -0.370. The number of hydrogen-bond donors (Lipinski definition) is 0. The Morgan fingerprint density at radius 1 is 1.40 bits per heavy atom. The SMILES string of the molecule is O=C1[C@@H]2C[C@H]3CO[C@@H](C2)[C@@H]13. The average molecular weight is 138 g/mol. The first-order valence-electron chi connectivity index (χ1n) is 4.01. The molecule has 0 aromatic rings. The highest BCUT2D eigenvalue weighted by molar-refractivity contribution is 5.89. The van der Waals surface area contributed by atoms with Crippen LogP contribution in [0.25, 0.3) is 0 Å². The maximum atomic E-state index is 11.3. The largest absolute Gasteiger partial charge is 0.377 e. The number of ketones is 1. The van der Waals surface area contributed by atoms with Crippen molar-refractivity contribution in [1.82, 2.24) is 0 Å². The van der Waals surface area contributed by atoms with Crippen LogP contribution in [-0.4, -0.2) is 18.5 Å². The smallest absolute Gasteiger partial charge is 0.142 e. The molecular weight excluding hydrogens is 128 g/mol. The predicted molar refractivity (Wildman–Crippen MR) is 34.5 cm³/mol. The fourth-order valence-electron chi connectivity index (χ4n) is 2.85. The van der Waals surface area contributed by atoms with Crippen LogP contribution >= 0.6 is 0 Å². The standard InChI is InChI=1S/C8H10O2/c9-8-4-1-5-3-10-6(2-4)7(5)8/h4-7H,1-3H2/t4-,5+,6+,7+/m1/s1. The summed E-state index contributed by atoms with van der Waals surface area (Å²) in [7, 11) is 0. The first-order chi connectivity index (χ1) is 4.86. The molecule has 1 heterocycles. The van der Waals surface area contributed by atoms with E-state index < -0.39 is 0 Å². The van der Waals surface area contributed by atoms with E-state index in [9.17, 15) is 4.79 Å². The predicted octanol–water partition coefficient (Wildman–Crippen LogP) is 0.610. The van der Waals surface area contributed by atoms with E-state index in [2.05, 4.69) is 0 Å². The van der Waals surface area contributed by atoms with E-state index in [4.69, 9.17) is 4.74 Å². The molecule has 0 N–H and O–H groups in total. The molecule has 0 aromatic carbocycles. The van der Waals surface area contributed by atoms with E-state index in [0.29, 0.717) is 29.6 Å². The van der Waals surface area contributed by atoms with Crippen LogP contribution in [0.4, 0.5) is 0 Å². The van der Waals surface area contributed by atoms with E-state index in [-0.39, 0.29) is 0 Å². The number of Topliss-reactive ketones (excluding diaryl/α,β-unsaturated/α-hetero) is 1. The molecule has 0 aromatic heterocycles. The fourth-order valence-corrected chi connectivity index (χ4v) is 2.85. The van der Waals surface area contributed by atoms with E-state index in [1.165, 1.54) is 0 Å². The normalized spacial score (nSPS) is 56.6. The second kappa shape index (κ2) is 1.45. The number of carbonyl (C=O) groups is 1. The Morgan fingerprint density at radius 3 is 2.90 bits per heavy atom. The molecule has 2 bridgehead atoms. The van der Waals surface area contributed by atoms with E-state index >= 15 is 0 Å². The summed E-state index contributed by atoms with van der Waals surface area (Å²) < 4.78 is 5.48. The molecule has 2 heteroatoms.